The average molecular weight is 485 g/mol. The summed E-state index contributed by atoms with van der Waals surface area (Å²) in [5.74, 6) is 1.40. The monoisotopic (exact) mass is 484 g/mol. The molecule has 2 fully saturated rings. The molecule has 0 unspecified atom stereocenters. The summed E-state index contributed by atoms with van der Waals surface area (Å²) >= 11 is 0. The highest BCUT2D eigenvalue weighted by atomic mass is 16.5. The molecule has 5 nitrogen and oxygen atoms in total. The van der Waals surface area contributed by atoms with Crippen LogP contribution in [-0.2, 0) is 17.8 Å². The maximum absolute atomic E-state index is 12.0. The standard InChI is InChI=1S/C31H36N2O3/c1-23-19-24(6-7-27(23)22-33-16-4-5-31(33)35)20-26-8-11-28(34)21-30(26)25-9-12-29(13-10-25)36-18-17-32-14-2-3-15-32/h6-13,19,21,34H,2-5,14-18,20,22H2,1H3. The second-order valence-corrected chi connectivity index (χ2v) is 10.1. The van der Waals surface area contributed by atoms with Crippen LogP contribution in [0.3, 0.4) is 0 Å². The second-order valence-electron chi connectivity index (χ2n) is 10.1. The Balaban J connectivity index is 1.27. The molecule has 0 saturated carbocycles. The third-order valence-corrected chi connectivity index (χ3v) is 7.47. The number of benzene rings is 3. The lowest BCUT2D eigenvalue weighted by Gasteiger charge is -2.18. The predicted octanol–water partition coefficient (Wildman–Crippen LogP) is 5.56. The zero-order valence-electron chi connectivity index (χ0n) is 21.2. The number of carbonyl (C=O) groups is 1. The molecule has 3 aromatic rings. The van der Waals surface area contributed by atoms with Crippen LogP contribution in [0, 0.1) is 6.92 Å². The van der Waals surface area contributed by atoms with Gasteiger partial charge in [0.1, 0.15) is 18.1 Å². The van der Waals surface area contributed by atoms with Gasteiger partial charge in [0.15, 0.2) is 0 Å². The van der Waals surface area contributed by atoms with Crippen molar-refractivity contribution >= 4 is 5.91 Å². The van der Waals surface area contributed by atoms with Crippen molar-refractivity contribution in [1.82, 2.24) is 9.80 Å². The maximum Gasteiger partial charge on any atom is 0.222 e. The minimum absolute atomic E-state index is 0.259. The summed E-state index contributed by atoms with van der Waals surface area (Å²) in [6.07, 6.45) is 5.00. The molecule has 0 bridgehead atoms. The number of amides is 1. The van der Waals surface area contributed by atoms with Crippen LogP contribution in [0.25, 0.3) is 11.1 Å². The summed E-state index contributed by atoms with van der Waals surface area (Å²) in [5, 5.41) is 10.2. The Labute approximate surface area is 214 Å². The number of rotatable bonds is 9. The molecular weight excluding hydrogens is 448 g/mol. The fraction of sp³-hybridized carbons (Fsp3) is 0.387. The van der Waals surface area contributed by atoms with Crippen molar-refractivity contribution in [3.8, 4) is 22.6 Å². The number of carbonyl (C=O) groups excluding carboxylic acids is 1. The molecule has 3 aromatic carbocycles. The van der Waals surface area contributed by atoms with Crippen molar-refractivity contribution in [3.05, 3.63) is 82.9 Å². The number of hydrogen-bond acceptors (Lipinski definition) is 4. The first-order valence-corrected chi connectivity index (χ1v) is 13.2. The third kappa shape index (κ3) is 5.90. The van der Waals surface area contributed by atoms with Gasteiger partial charge in [-0.05, 0) is 103 Å². The quantitative estimate of drug-likeness (QED) is 0.432. The Hall–Kier alpha value is -3.31. The number of ether oxygens (including phenoxy) is 1. The smallest absolute Gasteiger partial charge is 0.222 e. The van der Waals surface area contributed by atoms with Crippen molar-refractivity contribution in [3.63, 3.8) is 0 Å². The van der Waals surface area contributed by atoms with E-state index in [2.05, 4.69) is 42.2 Å². The molecule has 0 aliphatic carbocycles. The summed E-state index contributed by atoms with van der Waals surface area (Å²) in [7, 11) is 0. The topological polar surface area (TPSA) is 53.0 Å². The minimum atomic E-state index is 0.259. The van der Waals surface area contributed by atoms with Crippen molar-refractivity contribution in [1.29, 1.82) is 0 Å². The molecule has 0 atom stereocenters. The van der Waals surface area contributed by atoms with Gasteiger partial charge in [0.2, 0.25) is 5.91 Å². The van der Waals surface area contributed by atoms with Gasteiger partial charge in [0, 0.05) is 26.1 Å². The van der Waals surface area contributed by atoms with Gasteiger partial charge in [-0.15, -0.1) is 0 Å². The molecule has 0 spiro atoms. The molecule has 5 heteroatoms. The third-order valence-electron chi connectivity index (χ3n) is 7.47. The van der Waals surface area contributed by atoms with Gasteiger partial charge in [-0.1, -0.05) is 36.4 Å². The molecule has 1 N–H and O–H groups in total. The minimum Gasteiger partial charge on any atom is -0.508 e. The van der Waals surface area contributed by atoms with Gasteiger partial charge in [-0.2, -0.15) is 0 Å². The Morgan fingerprint density at radius 3 is 2.39 bits per heavy atom. The first kappa shape index (κ1) is 24.4. The highest BCUT2D eigenvalue weighted by molar-refractivity contribution is 5.78. The number of aromatic hydroxyl groups is 1. The molecule has 36 heavy (non-hydrogen) atoms. The van der Waals surface area contributed by atoms with E-state index >= 15 is 0 Å². The largest absolute Gasteiger partial charge is 0.508 e. The van der Waals surface area contributed by atoms with Gasteiger partial charge in [0.25, 0.3) is 0 Å². The molecular formula is C31H36N2O3. The number of likely N-dealkylation sites (tertiary alicyclic amines) is 2. The highest BCUT2D eigenvalue weighted by Crippen LogP contribution is 2.31. The summed E-state index contributed by atoms with van der Waals surface area (Å²) in [6.45, 7) is 7.73. The Morgan fingerprint density at radius 2 is 1.67 bits per heavy atom. The number of hydrogen-bond donors (Lipinski definition) is 1. The molecule has 5 rings (SSSR count). The zero-order chi connectivity index (χ0) is 24.9. The van der Waals surface area contributed by atoms with Gasteiger partial charge in [0.05, 0.1) is 0 Å². The molecule has 2 aliphatic heterocycles. The van der Waals surface area contributed by atoms with Crippen LogP contribution >= 0.6 is 0 Å². The Bertz CT molecular complexity index is 1200. The Kier molecular flexibility index (Phi) is 7.57. The summed E-state index contributed by atoms with van der Waals surface area (Å²) in [6, 6.07) is 20.4. The normalized spacial score (nSPS) is 16.1. The molecule has 188 valence electrons. The van der Waals surface area contributed by atoms with Crippen molar-refractivity contribution < 1.29 is 14.6 Å². The Morgan fingerprint density at radius 1 is 0.889 bits per heavy atom. The number of nitrogens with zero attached hydrogens (tertiary/aromatic N) is 2. The fourth-order valence-corrected chi connectivity index (χ4v) is 5.36. The van der Waals surface area contributed by atoms with Crippen molar-refractivity contribution in [2.45, 2.75) is 45.6 Å². The molecule has 0 aromatic heterocycles. The molecule has 2 saturated heterocycles. The SMILES string of the molecule is Cc1cc(Cc2ccc(O)cc2-c2ccc(OCCN3CCCC3)cc2)ccc1CN1CCCC1=O. The molecule has 0 radical (unpaired) electrons. The lowest BCUT2D eigenvalue weighted by atomic mass is 9.93. The first-order chi connectivity index (χ1) is 17.5. The van der Waals surface area contributed by atoms with Crippen LogP contribution in [0.2, 0.25) is 0 Å². The van der Waals surface area contributed by atoms with Crippen molar-refractivity contribution in [2.75, 3.05) is 32.8 Å². The first-order valence-electron chi connectivity index (χ1n) is 13.2. The van der Waals surface area contributed by atoms with E-state index in [-0.39, 0.29) is 11.7 Å². The summed E-state index contributed by atoms with van der Waals surface area (Å²) in [5.41, 5.74) is 6.90. The number of phenols is 1. The van der Waals surface area contributed by atoms with E-state index in [1.165, 1.54) is 42.6 Å². The second kappa shape index (κ2) is 11.2. The lowest BCUT2D eigenvalue weighted by molar-refractivity contribution is -0.128. The van der Waals surface area contributed by atoms with Crippen LogP contribution < -0.4 is 4.74 Å². The average Bonchev–Trinajstić information content (AvgIpc) is 3.54. The van der Waals surface area contributed by atoms with E-state index < -0.39 is 0 Å². The van der Waals surface area contributed by atoms with Crippen molar-refractivity contribution in [2.24, 2.45) is 0 Å². The summed E-state index contributed by atoms with van der Waals surface area (Å²) in [4.78, 5) is 16.4. The highest BCUT2D eigenvalue weighted by Gasteiger charge is 2.20. The van der Waals surface area contributed by atoms with E-state index in [9.17, 15) is 9.90 Å². The van der Waals surface area contributed by atoms with E-state index in [4.69, 9.17) is 4.74 Å². The summed E-state index contributed by atoms with van der Waals surface area (Å²) < 4.78 is 5.97. The molecule has 1 amide bonds. The fourth-order valence-electron chi connectivity index (χ4n) is 5.36. The van der Waals surface area contributed by atoms with Crippen LogP contribution in [0.4, 0.5) is 0 Å². The number of aryl methyl sites for hydroxylation is 1. The van der Waals surface area contributed by atoms with Gasteiger partial charge < -0.3 is 14.7 Å². The predicted molar refractivity (Wildman–Crippen MR) is 143 cm³/mol. The molecule has 2 heterocycles. The zero-order valence-corrected chi connectivity index (χ0v) is 21.2. The van der Waals surface area contributed by atoms with E-state index in [0.717, 1.165) is 48.4 Å². The van der Waals surface area contributed by atoms with E-state index in [1.807, 2.05) is 29.2 Å². The van der Waals surface area contributed by atoms with E-state index in [1.54, 1.807) is 6.07 Å². The van der Waals surface area contributed by atoms with Crippen LogP contribution in [-0.4, -0.2) is 53.6 Å². The maximum atomic E-state index is 12.0. The van der Waals surface area contributed by atoms with Gasteiger partial charge in [-0.3, -0.25) is 9.69 Å². The van der Waals surface area contributed by atoms with Gasteiger partial charge in [-0.25, -0.2) is 0 Å². The molecule has 2 aliphatic rings. The van der Waals surface area contributed by atoms with Crippen LogP contribution in [0.5, 0.6) is 11.5 Å². The van der Waals surface area contributed by atoms with Crippen LogP contribution in [0.1, 0.15) is 47.9 Å². The number of phenolic OH excluding ortho intramolecular Hbond substituents is 1. The van der Waals surface area contributed by atoms with E-state index in [0.29, 0.717) is 19.6 Å². The van der Waals surface area contributed by atoms with Crippen LogP contribution in [0.15, 0.2) is 60.7 Å². The van der Waals surface area contributed by atoms with Gasteiger partial charge >= 0.3 is 0 Å². The lowest BCUT2D eigenvalue weighted by Crippen LogP contribution is -2.25.